The lowest BCUT2D eigenvalue weighted by molar-refractivity contribution is -0.0348. The molecule has 0 spiro atoms. The van der Waals surface area contributed by atoms with Crippen LogP contribution >= 0.6 is 0 Å². The third-order valence-corrected chi connectivity index (χ3v) is 7.12. The van der Waals surface area contributed by atoms with Crippen molar-refractivity contribution in [3.8, 4) is 5.75 Å². The second-order valence-corrected chi connectivity index (χ2v) is 8.82. The predicted octanol–water partition coefficient (Wildman–Crippen LogP) is 6.73. The van der Waals surface area contributed by atoms with E-state index in [9.17, 15) is 13.9 Å². The molecule has 0 saturated heterocycles. The lowest BCUT2D eigenvalue weighted by Gasteiger charge is -2.37. The Bertz CT molecular complexity index is 644. The number of benzene rings is 1. The Morgan fingerprint density at radius 3 is 2.04 bits per heavy atom. The van der Waals surface area contributed by atoms with Crippen LogP contribution in [-0.4, -0.2) is 11.4 Å². The summed E-state index contributed by atoms with van der Waals surface area (Å²) in [5, 5.41) is 9.55. The van der Waals surface area contributed by atoms with Gasteiger partial charge in [0.2, 0.25) is 5.82 Å². The van der Waals surface area contributed by atoms with Gasteiger partial charge in [-0.25, -0.2) is 4.39 Å². The SMILES string of the molecule is CC.CC1CCC(C2CCC(c3cc4c(c(F)c3F)OC(O)CC4)CC2)CC1. The maximum Gasteiger partial charge on any atom is 0.201 e. The number of halogens is 2. The standard InChI is InChI=1S/C22H30F2O2.C2H6/c1-13-2-4-14(5-3-13)15-6-8-16(9-7-15)18-12-17-10-11-19(25)26-22(17)21(24)20(18)23;1-2/h12-16,19,25H,2-11H2,1H3;1-2H3. The molecule has 1 atom stereocenters. The Balaban J connectivity index is 0.00000109. The van der Waals surface area contributed by atoms with Crippen LogP contribution in [0.2, 0.25) is 0 Å². The van der Waals surface area contributed by atoms with Gasteiger partial charge in [-0.1, -0.05) is 33.6 Å². The highest BCUT2D eigenvalue weighted by atomic mass is 19.2. The summed E-state index contributed by atoms with van der Waals surface area (Å²) in [6, 6.07) is 1.80. The summed E-state index contributed by atoms with van der Waals surface area (Å²) in [6.45, 7) is 6.35. The Kier molecular flexibility index (Phi) is 7.36. The van der Waals surface area contributed by atoms with Crippen LogP contribution in [0.25, 0.3) is 0 Å². The summed E-state index contributed by atoms with van der Waals surface area (Å²) in [4.78, 5) is 0. The van der Waals surface area contributed by atoms with E-state index < -0.39 is 17.9 Å². The molecule has 4 heteroatoms. The third-order valence-electron chi connectivity index (χ3n) is 7.12. The topological polar surface area (TPSA) is 29.5 Å². The van der Waals surface area contributed by atoms with E-state index in [0.717, 1.165) is 43.4 Å². The fourth-order valence-electron chi connectivity index (χ4n) is 5.43. The van der Waals surface area contributed by atoms with Gasteiger partial charge in [0.15, 0.2) is 17.9 Å². The van der Waals surface area contributed by atoms with Crippen LogP contribution in [0.1, 0.15) is 95.6 Å². The fraction of sp³-hybridized carbons (Fsp3) is 0.750. The van der Waals surface area contributed by atoms with E-state index in [4.69, 9.17) is 4.74 Å². The second-order valence-electron chi connectivity index (χ2n) is 8.82. The van der Waals surface area contributed by atoms with E-state index in [-0.39, 0.29) is 11.7 Å². The van der Waals surface area contributed by atoms with Gasteiger partial charge in [0.25, 0.3) is 0 Å². The lowest BCUT2D eigenvalue weighted by Crippen LogP contribution is -2.26. The average molecular weight is 395 g/mol. The van der Waals surface area contributed by atoms with Crippen molar-refractivity contribution in [3.05, 3.63) is 28.8 Å². The number of rotatable bonds is 2. The Labute approximate surface area is 168 Å². The van der Waals surface area contributed by atoms with Crippen molar-refractivity contribution in [3.63, 3.8) is 0 Å². The van der Waals surface area contributed by atoms with Crippen LogP contribution in [0, 0.1) is 29.4 Å². The molecule has 0 aromatic heterocycles. The zero-order valence-corrected chi connectivity index (χ0v) is 17.6. The van der Waals surface area contributed by atoms with Crippen LogP contribution in [0.5, 0.6) is 5.75 Å². The molecule has 1 unspecified atom stereocenters. The van der Waals surface area contributed by atoms with Gasteiger partial charge in [0, 0.05) is 6.42 Å². The summed E-state index contributed by atoms with van der Waals surface area (Å²) < 4.78 is 34.3. The van der Waals surface area contributed by atoms with Crippen LogP contribution in [0.3, 0.4) is 0 Å². The molecule has 1 aromatic rings. The molecular formula is C24H36F2O2. The Hall–Kier alpha value is -1.16. The zero-order valence-electron chi connectivity index (χ0n) is 17.6. The number of hydrogen-bond acceptors (Lipinski definition) is 2. The quantitative estimate of drug-likeness (QED) is 0.602. The van der Waals surface area contributed by atoms with Crippen molar-refractivity contribution in [1.29, 1.82) is 0 Å². The molecule has 28 heavy (non-hydrogen) atoms. The van der Waals surface area contributed by atoms with E-state index in [1.54, 1.807) is 6.07 Å². The molecule has 4 rings (SSSR count). The second kappa shape index (κ2) is 9.56. The fourth-order valence-corrected chi connectivity index (χ4v) is 5.43. The Morgan fingerprint density at radius 1 is 0.857 bits per heavy atom. The van der Waals surface area contributed by atoms with E-state index in [2.05, 4.69) is 6.92 Å². The lowest BCUT2D eigenvalue weighted by atomic mass is 9.68. The molecule has 1 N–H and O–H groups in total. The summed E-state index contributed by atoms with van der Waals surface area (Å²) in [5.41, 5.74) is 1.23. The molecule has 0 bridgehead atoms. The highest BCUT2D eigenvalue weighted by Crippen LogP contribution is 2.45. The van der Waals surface area contributed by atoms with Crippen molar-refractivity contribution in [2.45, 2.75) is 97.2 Å². The number of aliphatic hydroxyl groups excluding tert-OH is 1. The summed E-state index contributed by atoms with van der Waals surface area (Å²) in [6.07, 6.45) is 9.51. The summed E-state index contributed by atoms with van der Waals surface area (Å²) in [7, 11) is 0. The molecule has 158 valence electrons. The molecule has 1 aliphatic heterocycles. The highest BCUT2D eigenvalue weighted by Gasteiger charge is 2.33. The molecule has 3 aliphatic rings. The average Bonchev–Trinajstić information content (AvgIpc) is 2.73. The number of aryl methyl sites for hydroxylation is 1. The van der Waals surface area contributed by atoms with Gasteiger partial charge in [-0.15, -0.1) is 0 Å². The highest BCUT2D eigenvalue weighted by molar-refractivity contribution is 5.42. The number of ether oxygens (including phenoxy) is 1. The molecule has 1 aromatic carbocycles. The van der Waals surface area contributed by atoms with Gasteiger partial charge in [-0.2, -0.15) is 4.39 Å². The molecule has 1 heterocycles. The van der Waals surface area contributed by atoms with Gasteiger partial charge in [-0.3, -0.25) is 0 Å². The van der Waals surface area contributed by atoms with Crippen LogP contribution in [0.15, 0.2) is 6.07 Å². The smallest absolute Gasteiger partial charge is 0.201 e. The third kappa shape index (κ3) is 4.53. The van der Waals surface area contributed by atoms with Crippen molar-refractivity contribution >= 4 is 0 Å². The molecule has 2 saturated carbocycles. The summed E-state index contributed by atoms with van der Waals surface area (Å²) >= 11 is 0. The minimum Gasteiger partial charge on any atom is -0.462 e. The molecule has 2 fully saturated rings. The van der Waals surface area contributed by atoms with Crippen LogP contribution in [0.4, 0.5) is 8.78 Å². The first kappa shape index (κ1) is 21.5. The minimum atomic E-state index is -1.03. The summed E-state index contributed by atoms with van der Waals surface area (Å²) in [5.74, 6) is 0.814. The van der Waals surface area contributed by atoms with Gasteiger partial charge in [0.1, 0.15) is 0 Å². The number of fused-ring (bicyclic) bond motifs is 1. The van der Waals surface area contributed by atoms with Crippen molar-refractivity contribution in [2.75, 3.05) is 0 Å². The van der Waals surface area contributed by atoms with Gasteiger partial charge in [-0.05, 0) is 85.8 Å². The molecule has 2 aliphatic carbocycles. The van der Waals surface area contributed by atoms with Gasteiger partial charge >= 0.3 is 0 Å². The Morgan fingerprint density at radius 2 is 1.43 bits per heavy atom. The molecule has 2 nitrogen and oxygen atoms in total. The van der Waals surface area contributed by atoms with E-state index in [1.165, 1.54) is 25.7 Å². The maximum absolute atomic E-state index is 14.7. The first-order valence-electron chi connectivity index (χ1n) is 11.4. The van der Waals surface area contributed by atoms with Crippen molar-refractivity contribution < 1.29 is 18.6 Å². The van der Waals surface area contributed by atoms with Crippen LogP contribution < -0.4 is 4.74 Å². The first-order valence-corrected chi connectivity index (χ1v) is 11.4. The molecule has 0 radical (unpaired) electrons. The van der Waals surface area contributed by atoms with Crippen molar-refractivity contribution in [2.24, 2.45) is 17.8 Å². The maximum atomic E-state index is 14.7. The van der Waals surface area contributed by atoms with E-state index in [1.807, 2.05) is 13.8 Å². The van der Waals surface area contributed by atoms with Gasteiger partial charge < -0.3 is 9.84 Å². The predicted molar refractivity (Wildman–Crippen MR) is 108 cm³/mol. The largest absolute Gasteiger partial charge is 0.462 e. The molecule has 0 amide bonds. The number of hydrogen-bond donors (Lipinski definition) is 1. The van der Waals surface area contributed by atoms with Crippen molar-refractivity contribution in [1.82, 2.24) is 0 Å². The molecular weight excluding hydrogens is 358 g/mol. The first-order chi connectivity index (χ1) is 13.5. The van der Waals surface area contributed by atoms with Crippen LogP contribution in [-0.2, 0) is 6.42 Å². The minimum absolute atomic E-state index is 0.0880. The van der Waals surface area contributed by atoms with E-state index >= 15 is 0 Å². The number of aliphatic hydroxyl groups is 1. The monoisotopic (exact) mass is 394 g/mol. The van der Waals surface area contributed by atoms with E-state index in [0.29, 0.717) is 24.0 Å². The van der Waals surface area contributed by atoms with Gasteiger partial charge in [0.05, 0.1) is 0 Å². The zero-order chi connectivity index (χ0) is 20.3. The normalized spacial score (nSPS) is 32.6.